The molecule has 0 aromatic heterocycles. The van der Waals surface area contributed by atoms with Crippen LogP contribution in [-0.4, -0.2) is 62.2 Å². The highest BCUT2D eigenvalue weighted by molar-refractivity contribution is 4.82. The van der Waals surface area contributed by atoms with Crippen LogP contribution in [0.15, 0.2) is 0 Å². The third-order valence-electron chi connectivity index (χ3n) is 5.14. The van der Waals surface area contributed by atoms with Crippen molar-refractivity contribution in [2.24, 2.45) is 11.8 Å². The molecule has 1 N–H and O–H groups in total. The number of likely N-dealkylation sites (N-methyl/N-ethyl adjacent to an activating group) is 1. The van der Waals surface area contributed by atoms with E-state index in [1.807, 2.05) is 0 Å². The van der Waals surface area contributed by atoms with Gasteiger partial charge in [0, 0.05) is 45.3 Å². The summed E-state index contributed by atoms with van der Waals surface area (Å²) in [6, 6.07) is 0.765. The predicted molar refractivity (Wildman–Crippen MR) is 77.9 cm³/mol. The molecule has 1 saturated carbocycles. The quantitative estimate of drug-likeness (QED) is 0.822. The summed E-state index contributed by atoms with van der Waals surface area (Å²) >= 11 is 0. The third kappa shape index (κ3) is 3.94. The van der Waals surface area contributed by atoms with Gasteiger partial charge in [0.2, 0.25) is 0 Å². The number of piperazine rings is 1. The number of hydrogen-bond donors (Lipinski definition) is 1. The highest BCUT2D eigenvalue weighted by Gasteiger charge is 2.26. The Labute approximate surface area is 113 Å². The van der Waals surface area contributed by atoms with Gasteiger partial charge in [-0.05, 0) is 25.3 Å². The van der Waals surface area contributed by atoms with Crippen molar-refractivity contribution in [1.82, 2.24) is 15.1 Å². The van der Waals surface area contributed by atoms with Crippen molar-refractivity contribution in [3.8, 4) is 0 Å². The normalized spacial score (nSPS) is 35.8. The van der Waals surface area contributed by atoms with E-state index in [2.05, 4.69) is 36.0 Å². The minimum atomic E-state index is 0.765. The van der Waals surface area contributed by atoms with Crippen LogP contribution >= 0.6 is 0 Å². The van der Waals surface area contributed by atoms with Gasteiger partial charge >= 0.3 is 0 Å². The van der Waals surface area contributed by atoms with E-state index in [0.717, 1.165) is 17.9 Å². The van der Waals surface area contributed by atoms with Gasteiger partial charge in [0.1, 0.15) is 0 Å². The average Bonchev–Trinajstić information content (AvgIpc) is 2.37. The molecule has 0 aromatic carbocycles. The molecule has 3 heteroatoms. The molecule has 1 saturated heterocycles. The first kappa shape index (κ1) is 14.3. The molecule has 2 rings (SSSR count). The first-order valence-corrected chi connectivity index (χ1v) is 7.81. The van der Waals surface area contributed by atoms with Crippen molar-refractivity contribution in [3.05, 3.63) is 0 Å². The number of nitrogens with one attached hydrogen (secondary N) is 1. The molecule has 0 radical (unpaired) electrons. The Balaban J connectivity index is 1.62. The van der Waals surface area contributed by atoms with Crippen molar-refractivity contribution in [2.45, 2.75) is 39.2 Å². The lowest BCUT2D eigenvalue weighted by Gasteiger charge is -2.36. The maximum atomic E-state index is 3.81. The molecule has 0 spiro atoms. The van der Waals surface area contributed by atoms with E-state index in [9.17, 15) is 0 Å². The first-order chi connectivity index (χ1) is 8.66. The summed E-state index contributed by atoms with van der Waals surface area (Å²) in [5, 5.41) is 3.81. The third-order valence-corrected chi connectivity index (χ3v) is 5.14. The van der Waals surface area contributed by atoms with Gasteiger partial charge in [0.05, 0.1) is 0 Å². The van der Waals surface area contributed by atoms with Crippen LogP contribution in [0.25, 0.3) is 0 Å². The Morgan fingerprint density at radius 1 is 1.06 bits per heavy atom. The highest BCUT2D eigenvalue weighted by atomic mass is 15.2. The number of nitrogens with zero attached hydrogens (tertiary/aromatic N) is 2. The predicted octanol–water partition coefficient (Wildman–Crippen LogP) is 1.65. The molecule has 0 aromatic rings. The molecule has 3 unspecified atom stereocenters. The topological polar surface area (TPSA) is 18.5 Å². The summed E-state index contributed by atoms with van der Waals surface area (Å²) in [4.78, 5) is 5.03. The highest BCUT2D eigenvalue weighted by Crippen LogP contribution is 2.29. The molecule has 1 aliphatic heterocycles. The molecule has 106 valence electrons. The molecule has 1 aliphatic carbocycles. The van der Waals surface area contributed by atoms with Crippen LogP contribution in [0.1, 0.15) is 33.1 Å². The van der Waals surface area contributed by atoms with Crippen molar-refractivity contribution in [2.75, 3.05) is 46.3 Å². The van der Waals surface area contributed by atoms with Gasteiger partial charge < -0.3 is 10.2 Å². The monoisotopic (exact) mass is 253 g/mol. The summed E-state index contributed by atoms with van der Waals surface area (Å²) in [6.07, 6.45) is 4.23. The molecular weight excluding hydrogens is 222 g/mol. The fraction of sp³-hybridized carbons (Fsp3) is 1.00. The second-order valence-electron chi connectivity index (χ2n) is 6.47. The fourth-order valence-electron chi connectivity index (χ4n) is 3.35. The van der Waals surface area contributed by atoms with Gasteiger partial charge in [-0.2, -0.15) is 0 Å². The summed E-state index contributed by atoms with van der Waals surface area (Å²) in [5.41, 5.74) is 0. The van der Waals surface area contributed by atoms with Gasteiger partial charge in [-0.1, -0.05) is 26.7 Å². The maximum Gasteiger partial charge on any atom is 0.0110 e. The van der Waals surface area contributed by atoms with Crippen LogP contribution in [0.5, 0.6) is 0 Å². The molecular formula is C15H31N3. The van der Waals surface area contributed by atoms with Crippen LogP contribution in [0, 0.1) is 11.8 Å². The van der Waals surface area contributed by atoms with Gasteiger partial charge in [0.15, 0.2) is 0 Å². The summed E-state index contributed by atoms with van der Waals surface area (Å²) < 4.78 is 0. The second kappa shape index (κ2) is 6.88. The van der Waals surface area contributed by atoms with Gasteiger partial charge in [0.25, 0.3) is 0 Å². The van der Waals surface area contributed by atoms with E-state index in [1.165, 1.54) is 58.5 Å². The molecule has 2 aliphatic rings. The van der Waals surface area contributed by atoms with Crippen LogP contribution in [-0.2, 0) is 0 Å². The lowest BCUT2D eigenvalue weighted by molar-refractivity contribution is 0.146. The first-order valence-electron chi connectivity index (χ1n) is 7.81. The fourth-order valence-corrected chi connectivity index (χ4v) is 3.35. The van der Waals surface area contributed by atoms with E-state index in [-0.39, 0.29) is 0 Å². The Kier molecular flexibility index (Phi) is 5.46. The van der Waals surface area contributed by atoms with E-state index < -0.39 is 0 Å². The zero-order valence-corrected chi connectivity index (χ0v) is 12.5. The van der Waals surface area contributed by atoms with Crippen LogP contribution < -0.4 is 5.32 Å². The Bertz CT molecular complexity index is 236. The Morgan fingerprint density at radius 2 is 1.78 bits per heavy atom. The number of hydrogen-bond acceptors (Lipinski definition) is 3. The van der Waals surface area contributed by atoms with Crippen molar-refractivity contribution >= 4 is 0 Å². The molecule has 1 heterocycles. The van der Waals surface area contributed by atoms with E-state index in [4.69, 9.17) is 0 Å². The van der Waals surface area contributed by atoms with Crippen molar-refractivity contribution < 1.29 is 0 Å². The summed E-state index contributed by atoms with van der Waals surface area (Å²) in [5.74, 6) is 1.76. The zero-order chi connectivity index (χ0) is 13.0. The van der Waals surface area contributed by atoms with Crippen molar-refractivity contribution in [1.29, 1.82) is 0 Å². The summed E-state index contributed by atoms with van der Waals surface area (Å²) in [6.45, 7) is 12.2. The lowest BCUT2D eigenvalue weighted by atomic mass is 9.78. The standard InChI is InChI=1S/C15H31N3/c1-13-5-4-6-15(14(13)2)16-7-8-18-11-9-17(3)10-12-18/h13-16H,4-12H2,1-3H3. The van der Waals surface area contributed by atoms with E-state index >= 15 is 0 Å². The van der Waals surface area contributed by atoms with E-state index in [1.54, 1.807) is 0 Å². The smallest absolute Gasteiger partial charge is 0.0110 e. The minimum absolute atomic E-state index is 0.765. The SMILES string of the molecule is CC1CCCC(NCCN2CCN(C)CC2)C1C. The molecule has 2 fully saturated rings. The largest absolute Gasteiger partial charge is 0.312 e. The van der Waals surface area contributed by atoms with Gasteiger partial charge in [-0.15, -0.1) is 0 Å². The minimum Gasteiger partial charge on any atom is -0.312 e. The van der Waals surface area contributed by atoms with E-state index in [0.29, 0.717) is 0 Å². The Hall–Kier alpha value is -0.120. The molecule has 0 amide bonds. The molecule has 3 atom stereocenters. The zero-order valence-electron chi connectivity index (χ0n) is 12.5. The average molecular weight is 253 g/mol. The lowest BCUT2D eigenvalue weighted by Crippen LogP contribution is -2.48. The molecule has 18 heavy (non-hydrogen) atoms. The van der Waals surface area contributed by atoms with Crippen LogP contribution in [0.2, 0.25) is 0 Å². The molecule has 3 nitrogen and oxygen atoms in total. The van der Waals surface area contributed by atoms with Gasteiger partial charge in [-0.25, -0.2) is 0 Å². The summed E-state index contributed by atoms with van der Waals surface area (Å²) in [7, 11) is 2.22. The second-order valence-corrected chi connectivity index (χ2v) is 6.47. The maximum absolute atomic E-state index is 3.81. The van der Waals surface area contributed by atoms with Crippen molar-refractivity contribution in [3.63, 3.8) is 0 Å². The number of rotatable bonds is 4. The van der Waals surface area contributed by atoms with Crippen LogP contribution in [0.3, 0.4) is 0 Å². The van der Waals surface area contributed by atoms with Crippen LogP contribution in [0.4, 0.5) is 0 Å². The molecule has 0 bridgehead atoms. The Morgan fingerprint density at radius 3 is 2.50 bits per heavy atom. The van der Waals surface area contributed by atoms with Gasteiger partial charge in [-0.3, -0.25) is 4.90 Å².